The van der Waals surface area contributed by atoms with Crippen LogP contribution >= 0.6 is 8.15 Å². The van der Waals surface area contributed by atoms with Crippen LogP contribution in [-0.4, -0.2) is 35.7 Å². The van der Waals surface area contributed by atoms with Crippen molar-refractivity contribution in [2.75, 3.05) is 19.3 Å². The molecule has 0 spiro atoms. The summed E-state index contributed by atoms with van der Waals surface area (Å²) in [5, 5.41) is 0. The van der Waals surface area contributed by atoms with Crippen molar-refractivity contribution in [3.8, 4) is 0 Å². The molecule has 0 fully saturated rings. The van der Waals surface area contributed by atoms with Crippen LogP contribution in [0.4, 0.5) is 0 Å². The average molecular weight is 219 g/mol. The van der Waals surface area contributed by atoms with E-state index in [4.69, 9.17) is 5.73 Å². The largest absolute Gasteiger partial charge is 0.463 e. The average Bonchev–Trinajstić information content (AvgIpc) is 2.22. The van der Waals surface area contributed by atoms with Crippen LogP contribution in [0.2, 0.25) is 0 Å². The molecule has 0 aromatic carbocycles. The van der Waals surface area contributed by atoms with Crippen LogP contribution in [0.3, 0.4) is 0 Å². The molecule has 80 valence electrons. The van der Waals surface area contributed by atoms with Crippen LogP contribution < -0.4 is 5.73 Å². The van der Waals surface area contributed by atoms with Crippen LogP contribution in [0.25, 0.3) is 0 Å². The summed E-state index contributed by atoms with van der Waals surface area (Å²) in [5.41, 5.74) is 4.72. The Hall–Kier alpha value is -0.770. The highest BCUT2D eigenvalue weighted by Gasteiger charge is 2.12. The van der Waals surface area contributed by atoms with Gasteiger partial charge in [0.1, 0.15) is 0 Å². The number of carbonyl (C=O) groups excluding carboxylic acids is 2. The van der Waals surface area contributed by atoms with Crippen LogP contribution in [0.15, 0.2) is 12.7 Å². The summed E-state index contributed by atoms with van der Waals surface area (Å²) in [5.74, 6) is -0.502. The van der Waals surface area contributed by atoms with Gasteiger partial charge < -0.3 is 15.4 Å². The molecule has 0 saturated carbocycles. The molecule has 1 unspecified atom stereocenters. The molecule has 0 aromatic rings. The zero-order chi connectivity index (χ0) is 11.0. The van der Waals surface area contributed by atoms with E-state index in [1.807, 2.05) is 0 Å². The standard InChI is InChI=1S/C8H14NO4P/c1-2-7(10)13-4-3-5-14(12)8(11)6-9/h2,12H,1,3-6,9H2. The summed E-state index contributed by atoms with van der Waals surface area (Å²) in [7, 11) is -1.66. The summed E-state index contributed by atoms with van der Waals surface area (Å²) in [6.45, 7) is 3.26. The molecule has 3 N–H and O–H groups in total. The summed E-state index contributed by atoms with van der Waals surface area (Å²) in [6, 6.07) is 0. The first-order valence-corrected chi connectivity index (χ1v) is 5.58. The molecule has 0 radical (unpaired) electrons. The van der Waals surface area contributed by atoms with Crippen molar-refractivity contribution in [1.29, 1.82) is 0 Å². The highest BCUT2D eigenvalue weighted by atomic mass is 31.1. The van der Waals surface area contributed by atoms with E-state index in [2.05, 4.69) is 11.3 Å². The van der Waals surface area contributed by atoms with Gasteiger partial charge in [-0.25, -0.2) is 4.79 Å². The monoisotopic (exact) mass is 219 g/mol. The summed E-state index contributed by atoms with van der Waals surface area (Å²) >= 11 is 0. The van der Waals surface area contributed by atoms with E-state index in [0.717, 1.165) is 6.08 Å². The second-order valence-electron chi connectivity index (χ2n) is 2.45. The molecule has 14 heavy (non-hydrogen) atoms. The second kappa shape index (κ2) is 7.62. The SMILES string of the molecule is C=CC(=O)OCCCP(O)C(=O)CN. The fourth-order valence-electron chi connectivity index (χ4n) is 0.676. The van der Waals surface area contributed by atoms with E-state index in [0.29, 0.717) is 12.6 Å². The fourth-order valence-corrected chi connectivity index (χ4v) is 1.56. The molecule has 0 amide bonds. The molecule has 0 aliphatic rings. The smallest absolute Gasteiger partial charge is 0.330 e. The Morgan fingerprint density at radius 3 is 2.71 bits per heavy atom. The van der Waals surface area contributed by atoms with Gasteiger partial charge in [-0.1, -0.05) is 6.58 Å². The number of nitrogens with two attached hydrogens (primary N) is 1. The summed E-state index contributed by atoms with van der Waals surface area (Å²) in [6.07, 6.45) is 1.83. The third-order valence-electron chi connectivity index (χ3n) is 1.39. The van der Waals surface area contributed by atoms with Gasteiger partial charge in [-0.3, -0.25) is 4.79 Å². The van der Waals surface area contributed by atoms with Gasteiger partial charge in [0, 0.05) is 12.2 Å². The minimum Gasteiger partial charge on any atom is -0.463 e. The lowest BCUT2D eigenvalue weighted by molar-refractivity contribution is -0.137. The maximum Gasteiger partial charge on any atom is 0.330 e. The van der Waals surface area contributed by atoms with Crippen molar-refractivity contribution in [2.24, 2.45) is 5.73 Å². The van der Waals surface area contributed by atoms with Gasteiger partial charge in [0.25, 0.3) is 0 Å². The minimum absolute atomic E-state index is 0.144. The van der Waals surface area contributed by atoms with E-state index < -0.39 is 14.1 Å². The van der Waals surface area contributed by atoms with Crippen molar-refractivity contribution in [3.05, 3.63) is 12.7 Å². The number of hydrogen-bond donors (Lipinski definition) is 2. The van der Waals surface area contributed by atoms with Gasteiger partial charge in [-0.05, 0) is 6.42 Å². The van der Waals surface area contributed by atoms with E-state index in [-0.39, 0.29) is 18.7 Å². The Balaban J connectivity index is 3.49. The lowest BCUT2D eigenvalue weighted by atomic mass is 10.5. The van der Waals surface area contributed by atoms with Crippen LogP contribution in [0.5, 0.6) is 0 Å². The Bertz CT molecular complexity index is 219. The quantitative estimate of drug-likeness (QED) is 0.272. The van der Waals surface area contributed by atoms with Gasteiger partial charge in [0.05, 0.1) is 21.3 Å². The highest BCUT2D eigenvalue weighted by molar-refractivity contribution is 7.69. The zero-order valence-corrected chi connectivity index (χ0v) is 8.70. The van der Waals surface area contributed by atoms with Crippen LogP contribution in [-0.2, 0) is 14.3 Å². The second-order valence-corrected chi connectivity index (χ2v) is 4.19. The molecule has 0 aromatic heterocycles. The maximum atomic E-state index is 10.8. The van der Waals surface area contributed by atoms with Gasteiger partial charge in [0.15, 0.2) is 5.52 Å². The Labute approximate surface area is 83.8 Å². The summed E-state index contributed by atoms with van der Waals surface area (Å²) in [4.78, 5) is 30.6. The van der Waals surface area contributed by atoms with Gasteiger partial charge in [-0.2, -0.15) is 0 Å². The lowest BCUT2D eigenvalue weighted by Gasteiger charge is -2.07. The number of esters is 1. The first-order chi connectivity index (χ1) is 6.61. The van der Waals surface area contributed by atoms with Crippen molar-refractivity contribution in [2.45, 2.75) is 6.42 Å². The molecule has 0 saturated heterocycles. The van der Waals surface area contributed by atoms with Crippen molar-refractivity contribution < 1.29 is 19.2 Å². The minimum atomic E-state index is -1.66. The molecule has 0 bridgehead atoms. The third kappa shape index (κ3) is 5.80. The summed E-state index contributed by atoms with van der Waals surface area (Å²) < 4.78 is 4.65. The molecule has 1 atom stereocenters. The maximum absolute atomic E-state index is 10.8. The van der Waals surface area contributed by atoms with Crippen molar-refractivity contribution >= 4 is 19.6 Å². The van der Waals surface area contributed by atoms with Gasteiger partial charge in [-0.15, -0.1) is 0 Å². The molecule has 6 heteroatoms. The van der Waals surface area contributed by atoms with E-state index in [1.165, 1.54) is 0 Å². The van der Waals surface area contributed by atoms with E-state index in [1.54, 1.807) is 0 Å². The molecular formula is C8H14NO4P. The predicted octanol–water partition coefficient (Wildman–Crippen LogP) is -0.0198. The zero-order valence-electron chi connectivity index (χ0n) is 7.81. The Kier molecular flexibility index (Phi) is 7.20. The number of rotatable bonds is 7. The molecule has 0 aliphatic carbocycles. The molecule has 0 heterocycles. The van der Waals surface area contributed by atoms with Gasteiger partial charge in [0.2, 0.25) is 0 Å². The molecule has 5 nitrogen and oxygen atoms in total. The Morgan fingerprint density at radius 2 is 2.21 bits per heavy atom. The van der Waals surface area contributed by atoms with Gasteiger partial charge >= 0.3 is 5.97 Å². The third-order valence-corrected chi connectivity index (χ3v) is 2.89. The van der Waals surface area contributed by atoms with Crippen molar-refractivity contribution in [1.82, 2.24) is 0 Å². The topological polar surface area (TPSA) is 89.6 Å². The van der Waals surface area contributed by atoms with Crippen LogP contribution in [0.1, 0.15) is 6.42 Å². The molecule has 0 aliphatic heterocycles. The highest BCUT2D eigenvalue weighted by Crippen LogP contribution is 2.30. The van der Waals surface area contributed by atoms with E-state index in [9.17, 15) is 14.5 Å². The fraction of sp³-hybridized carbons (Fsp3) is 0.500. The normalized spacial score (nSPS) is 11.9. The number of ether oxygens (including phenoxy) is 1. The lowest BCUT2D eigenvalue weighted by Crippen LogP contribution is -2.13. The Morgan fingerprint density at radius 1 is 1.57 bits per heavy atom. The van der Waals surface area contributed by atoms with Crippen molar-refractivity contribution in [3.63, 3.8) is 0 Å². The number of carbonyl (C=O) groups is 2. The first-order valence-electron chi connectivity index (χ1n) is 4.10. The molecule has 0 rings (SSSR count). The predicted molar refractivity (Wildman–Crippen MR) is 53.8 cm³/mol. The molecular weight excluding hydrogens is 205 g/mol. The van der Waals surface area contributed by atoms with Crippen LogP contribution in [0, 0.1) is 0 Å². The first kappa shape index (κ1) is 13.2. The van der Waals surface area contributed by atoms with E-state index >= 15 is 0 Å². The number of hydrogen-bond acceptors (Lipinski definition) is 5.